The number of ether oxygens (including phenoxy) is 3. The van der Waals surface area contributed by atoms with E-state index in [1.54, 1.807) is 7.11 Å². The van der Waals surface area contributed by atoms with Gasteiger partial charge in [-0.15, -0.1) is 0 Å². The normalized spacial score (nSPS) is 20.0. The monoisotopic (exact) mass is 319 g/mol. The van der Waals surface area contributed by atoms with Gasteiger partial charge in [0.2, 0.25) is 5.91 Å². The molecule has 1 amide bonds. The fraction of sp³-hybridized carbons (Fsp3) is 0.611. The van der Waals surface area contributed by atoms with Crippen LogP contribution in [0.4, 0.5) is 0 Å². The van der Waals surface area contributed by atoms with Crippen molar-refractivity contribution in [2.24, 2.45) is 0 Å². The molecule has 0 aromatic heterocycles. The number of hydrogen-bond acceptors (Lipinski definition) is 4. The van der Waals surface area contributed by atoms with E-state index >= 15 is 0 Å². The Kier molecular flexibility index (Phi) is 4.60. The predicted molar refractivity (Wildman–Crippen MR) is 86.6 cm³/mol. The van der Waals surface area contributed by atoms with Gasteiger partial charge in [0.05, 0.1) is 26.7 Å². The van der Waals surface area contributed by atoms with Gasteiger partial charge < -0.3 is 19.1 Å². The van der Waals surface area contributed by atoms with Crippen LogP contribution in [0.3, 0.4) is 0 Å². The second kappa shape index (κ2) is 6.49. The molecular weight excluding hydrogens is 294 g/mol. The molecule has 0 aliphatic carbocycles. The van der Waals surface area contributed by atoms with Crippen LogP contribution in [0.5, 0.6) is 5.75 Å². The molecule has 126 valence electrons. The van der Waals surface area contributed by atoms with Crippen LogP contribution in [0.2, 0.25) is 0 Å². The smallest absolute Gasteiger partial charge is 0.227 e. The molecule has 0 bridgehead atoms. The van der Waals surface area contributed by atoms with Crippen LogP contribution < -0.4 is 4.74 Å². The maximum Gasteiger partial charge on any atom is 0.227 e. The van der Waals surface area contributed by atoms with Gasteiger partial charge >= 0.3 is 0 Å². The lowest BCUT2D eigenvalue weighted by molar-refractivity contribution is -0.187. The molecule has 0 unspecified atom stereocenters. The van der Waals surface area contributed by atoms with Gasteiger partial charge in [0, 0.05) is 25.9 Å². The van der Waals surface area contributed by atoms with Crippen LogP contribution >= 0.6 is 0 Å². The summed E-state index contributed by atoms with van der Waals surface area (Å²) in [6.45, 7) is 6.81. The molecule has 2 heterocycles. The first kappa shape index (κ1) is 16.3. The standard InChI is InChI=1S/C18H25NO4/c1-13-14(2)16(21-3)5-4-15(13)12-17(20)19-8-6-18(7-9-19)22-10-11-23-18/h4-5H,6-12H2,1-3H3. The minimum atomic E-state index is -0.427. The molecule has 0 saturated carbocycles. The van der Waals surface area contributed by atoms with Gasteiger partial charge in [0.25, 0.3) is 0 Å². The quantitative estimate of drug-likeness (QED) is 0.857. The zero-order chi connectivity index (χ0) is 16.4. The minimum Gasteiger partial charge on any atom is -0.496 e. The Labute approximate surface area is 137 Å². The third-order valence-corrected chi connectivity index (χ3v) is 5.10. The molecule has 2 saturated heterocycles. The number of carbonyl (C=O) groups is 1. The first-order valence-electron chi connectivity index (χ1n) is 8.23. The van der Waals surface area contributed by atoms with E-state index in [-0.39, 0.29) is 5.91 Å². The molecule has 0 radical (unpaired) electrons. The topological polar surface area (TPSA) is 48.0 Å². The molecule has 0 atom stereocenters. The molecule has 2 fully saturated rings. The van der Waals surface area contributed by atoms with Crippen molar-refractivity contribution in [2.75, 3.05) is 33.4 Å². The maximum absolute atomic E-state index is 12.6. The Hall–Kier alpha value is -1.59. The summed E-state index contributed by atoms with van der Waals surface area (Å²) >= 11 is 0. The molecule has 1 aromatic carbocycles. The van der Waals surface area contributed by atoms with E-state index in [0.717, 1.165) is 35.3 Å². The third-order valence-electron chi connectivity index (χ3n) is 5.10. The highest BCUT2D eigenvalue weighted by atomic mass is 16.7. The number of nitrogens with zero attached hydrogens (tertiary/aromatic N) is 1. The fourth-order valence-electron chi connectivity index (χ4n) is 3.42. The van der Waals surface area contributed by atoms with E-state index in [1.807, 2.05) is 30.9 Å². The SMILES string of the molecule is COc1ccc(CC(=O)N2CCC3(CC2)OCCO3)c(C)c1C. The first-order valence-corrected chi connectivity index (χ1v) is 8.23. The van der Waals surface area contributed by atoms with Crippen molar-refractivity contribution in [3.05, 3.63) is 28.8 Å². The largest absolute Gasteiger partial charge is 0.496 e. The summed E-state index contributed by atoms with van der Waals surface area (Å²) in [7, 11) is 1.67. The fourth-order valence-corrected chi connectivity index (χ4v) is 3.42. The Morgan fingerprint density at radius 2 is 1.83 bits per heavy atom. The van der Waals surface area contributed by atoms with Crippen molar-refractivity contribution in [2.45, 2.75) is 38.9 Å². The van der Waals surface area contributed by atoms with E-state index < -0.39 is 5.79 Å². The van der Waals surface area contributed by atoms with Crippen LogP contribution in [0.25, 0.3) is 0 Å². The van der Waals surface area contributed by atoms with E-state index in [4.69, 9.17) is 14.2 Å². The molecule has 5 heteroatoms. The molecule has 2 aliphatic heterocycles. The van der Waals surface area contributed by atoms with Gasteiger partial charge in [-0.25, -0.2) is 0 Å². The van der Waals surface area contributed by atoms with E-state index in [1.165, 1.54) is 0 Å². The van der Waals surface area contributed by atoms with Gasteiger partial charge in [-0.2, -0.15) is 0 Å². The summed E-state index contributed by atoms with van der Waals surface area (Å²) in [6.07, 6.45) is 1.96. The molecule has 1 spiro atoms. The van der Waals surface area contributed by atoms with E-state index in [9.17, 15) is 4.79 Å². The summed E-state index contributed by atoms with van der Waals surface area (Å²) in [5.41, 5.74) is 3.30. The molecule has 5 nitrogen and oxygen atoms in total. The van der Waals surface area contributed by atoms with Gasteiger partial charge in [-0.05, 0) is 36.6 Å². The van der Waals surface area contributed by atoms with Crippen molar-refractivity contribution < 1.29 is 19.0 Å². The number of hydrogen-bond donors (Lipinski definition) is 0. The van der Waals surface area contributed by atoms with Gasteiger partial charge in [0.15, 0.2) is 5.79 Å². The lowest BCUT2D eigenvalue weighted by Crippen LogP contribution is -2.47. The number of rotatable bonds is 3. The number of likely N-dealkylation sites (tertiary alicyclic amines) is 1. The summed E-state index contributed by atoms with van der Waals surface area (Å²) in [6, 6.07) is 3.93. The Morgan fingerprint density at radius 1 is 1.17 bits per heavy atom. The third kappa shape index (κ3) is 3.21. The van der Waals surface area contributed by atoms with Crippen molar-refractivity contribution in [3.8, 4) is 5.75 Å². The predicted octanol–water partition coefficient (Wildman–Crippen LogP) is 2.22. The number of benzene rings is 1. The van der Waals surface area contributed by atoms with Crippen molar-refractivity contribution >= 4 is 5.91 Å². The highest BCUT2D eigenvalue weighted by Crippen LogP contribution is 2.31. The van der Waals surface area contributed by atoms with E-state index in [2.05, 4.69) is 0 Å². The van der Waals surface area contributed by atoms with Gasteiger partial charge in [-0.3, -0.25) is 4.79 Å². The average Bonchev–Trinajstić information content (AvgIpc) is 3.01. The van der Waals surface area contributed by atoms with Gasteiger partial charge in [0.1, 0.15) is 5.75 Å². The summed E-state index contributed by atoms with van der Waals surface area (Å²) < 4.78 is 16.8. The van der Waals surface area contributed by atoms with Crippen molar-refractivity contribution in [1.29, 1.82) is 0 Å². The molecule has 1 aromatic rings. The van der Waals surface area contributed by atoms with Gasteiger partial charge in [-0.1, -0.05) is 6.07 Å². The Bertz CT molecular complexity index is 583. The summed E-state index contributed by atoms with van der Waals surface area (Å²) in [4.78, 5) is 14.5. The second-order valence-corrected chi connectivity index (χ2v) is 6.34. The lowest BCUT2D eigenvalue weighted by Gasteiger charge is -2.37. The van der Waals surface area contributed by atoms with Crippen molar-refractivity contribution in [1.82, 2.24) is 4.90 Å². The average molecular weight is 319 g/mol. The first-order chi connectivity index (χ1) is 11.0. The number of amides is 1. The maximum atomic E-state index is 12.6. The Morgan fingerprint density at radius 3 is 2.43 bits per heavy atom. The minimum absolute atomic E-state index is 0.172. The van der Waals surface area contributed by atoms with Crippen LogP contribution in [-0.2, 0) is 20.7 Å². The molecular formula is C18H25NO4. The van der Waals surface area contributed by atoms with Crippen molar-refractivity contribution in [3.63, 3.8) is 0 Å². The van der Waals surface area contributed by atoms with Crippen LogP contribution in [-0.4, -0.2) is 50.0 Å². The zero-order valence-corrected chi connectivity index (χ0v) is 14.2. The molecule has 3 rings (SSSR count). The van der Waals surface area contributed by atoms with Crippen LogP contribution in [0.1, 0.15) is 29.5 Å². The number of piperidine rings is 1. The number of methoxy groups -OCH3 is 1. The molecule has 0 N–H and O–H groups in total. The molecule has 23 heavy (non-hydrogen) atoms. The second-order valence-electron chi connectivity index (χ2n) is 6.34. The number of carbonyl (C=O) groups excluding carboxylic acids is 1. The molecule has 2 aliphatic rings. The Balaban J connectivity index is 1.63. The van der Waals surface area contributed by atoms with Crippen LogP contribution in [0.15, 0.2) is 12.1 Å². The highest BCUT2D eigenvalue weighted by molar-refractivity contribution is 5.79. The summed E-state index contributed by atoms with van der Waals surface area (Å²) in [5, 5.41) is 0. The van der Waals surface area contributed by atoms with E-state index in [0.29, 0.717) is 32.7 Å². The summed E-state index contributed by atoms with van der Waals surface area (Å²) in [5.74, 6) is 0.614. The highest BCUT2D eigenvalue weighted by Gasteiger charge is 2.40. The lowest BCUT2D eigenvalue weighted by atomic mass is 9.98. The zero-order valence-electron chi connectivity index (χ0n) is 14.2. The van der Waals surface area contributed by atoms with Crippen LogP contribution in [0, 0.1) is 13.8 Å².